The molecule has 28 heavy (non-hydrogen) atoms. The zero-order valence-corrected chi connectivity index (χ0v) is 17.1. The number of benzene rings is 1. The number of amides is 1. The third kappa shape index (κ3) is 4.07. The molecule has 4 aromatic rings. The van der Waals surface area contributed by atoms with Gasteiger partial charge in [-0.25, -0.2) is 9.97 Å². The highest BCUT2D eigenvalue weighted by atomic mass is 32.2. The summed E-state index contributed by atoms with van der Waals surface area (Å²) in [6, 6.07) is 13.5. The molecule has 3 heterocycles. The number of nitrogens with zero attached hydrogens (tertiary/aromatic N) is 4. The summed E-state index contributed by atoms with van der Waals surface area (Å²) in [5.41, 5.74) is 2.37. The molecule has 1 amide bonds. The van der Waals surface area contributed by atoms with Gasteiger partial charge in [0.25, 0.3) is 5.91 Å². The third-order valence-corrected chi connectivity index (χ3v) is 6.15. The lowest BCUT2D eigenvalue weighted by atomic mass is 10.2. The van der Waals surface area contributed by atoms with Crippen molar-refractivity contribution in [2.75, 3.05) is 7.05 Å². The Morgan fingerprint density at radius 3 is 2.89 bits per heavy atom. The lowest BCUT2D eigenvalue weighted by Crippen LogP contribution is -2.26. The Kier molecular flexibility index (Phi) is 5.40. The summed E-state index contributed by atoms with van der Waals surface area (Å²) in [7, 11) is 1.79. The zero-order valence-electron chi connectivity index (χ0n) is 15.5. The molecular weight excluding hydrogens is 392 g/mol. The molecule has 0 N–H and O–H groups in total. The van der Waals surface area contributed by atoms with Crippen molar-refractivity contribution in [3.63, 3.8) is 0 Å². The van der Waals surface area contributed by atoms with Crippen molar-refractivity contribution in [1.29, 1.82) is 0 Å². The second kappa shape index (κ2) is 8.12. The van der Waals surface area contributed by atoms with Crippen molar-refractivity contribution in [2.24, 2.45) is 0 Å². The van der Waals surface area contributed by atoms with Gasteiger partial charge >= 0.3 is 0 Å². The van der Waals surface area contributed by atoms with E-state index in [0.717, 1.165) is 26.7 Å². The van der Waals surface area contributed by atoms with Gasteiger partial charge in [-0.15, -0.1) is 11.3 Å². The standard InChI is InChI=1S/C20H18N4O2S2/c1-13-10-14(23-26-13)12-27-19-15(6-5-9-21-19)20(25)24(2)11-18-22-16-7-3-4-8-17(16)28-18/h3-10H,11-12H2,1-2H3. The Bertz CT molecular complexity index is 1090. The number of para-hydroxylation sites is 1. The van der Waals surface area contributed by atoms with E-state index < -0.39 is 0 Å². The molecule has 4 rings (SSSR count). The van der Waals surface area contributed by atoms with E-state index in [1.807, 2.05) is 37.3 Å². The SMILES string of the molecule is Cc1cc(CSc2ncccc2C(=O)N(C)Cc2nc3ccccc3s2)no1. The fourth-order valence-corrected chi connectivity index (χ4v) is 4.65. The molecule has 0 aliphatic rings. The minimum absolute atomic E-state index is 0.0776. The van der Waals surface area contributed by atoms with E-state index in [1.165, 1.54) is 11.8 Å². The monoisotopic (exact) mass is 410 g/mol. The maximum Gasteiger partial charge on any atom is 0.256 e. The summed E-state index contributed by atoms with van der Waals surface area (Å²) < 4.78 is 6.22. The Balaban J connectivity index is 1.48. The van der Waals surface area contributed by atoms with E-state index in [0.29, 0.717) is 22.9 Å². The molecule has 0 fully saturated rings. The Hall–Kier alpha value is -2.71. The van der Waals surface area contributed by atoms with Crippen LogP contribution in [0, 0.1) is 6.92 Å². The first-order valence-corrected chi connectivity index (χ1v) is 10.5. The minimum Gasteiger partial charge on any atom is -0.361 e. The molecule has 0 unspecified atom stereocenters. The molecule has 0 aliphatic carbocycles. The average molecular weight is 411 g/mol. The van der Waals surface area contributed by atoms with E-state index in [4.69, 9.17) is 4.52 Å². The van der Waals surface area contributed by atoms with Crippen LogP contribution in [-0.4, -0.2) is 33.0 Å². The van der Waals surface area contributed by atoms with Crippen LogP contribution in [-0.2, 0) is 12.3 Å². The van der Waals surface area contributed by atoms with Gasteiger partial charge in [-0.3, -0.25) is 4.79 Å². The molecule has 1 aromatic carbocycles. The van der Waals surface area contributed by atoms with Gasteiger partial charge in [-0.2, -0.15) is 0 Å². The fourth-order valence-electron chi connectivity index (χ4n) is 2.76. The number of hydrogen-bond acceptors (Lipinski definition) is 7. The molecule has 142 valence electrons. The van der Waals surface area contributed by atoms with E-state index >= 15 is 0 Å². The smallest absolute Gasteiger partial charge is 0.256 e. The predicted molar refractivity (Wildman–Crippen MR) is 110 cm³/mol. The lowest BCUT2D eigenvalue weighted by Gasteiger charge is -2.17. The lowest BCUT2D eigenvalue weighted by molar-refractivity contribution is 0.0781. The molecular formula is C20H18N4O2S2. The van der Waals surface area contributed by atoms with Gasteiger partial charge in [0.05, 0.1) is 28.0 Å². The maximum atomic E-state index is 13.0. The largest absolute Gasteiger partial charge is 0.361 e. The van der Waals surface area contributed by atoms with E-state index in [2.05, 4.69) is 15.1 Å². The first kappa shape index (κ1) is 18.6. The summed E-state index contributed by atoms with van der Waals surface area (Å²) in [6.45, 7) is 2.31. The molecule has 0 radical (unpaired) electrons. The second-order valence-electron chi connectivity index (χ2n) is 6.31. The third-order valence-electron chi connectivity index (χ3n) is 4.09. The van der Waals surface area contributed by atoms with Crippen LogP contribution in [0.2, 0.25) is 0 Å². The molecule has 0 saturated heterocycles. The Morgan fingerprint density at radius 2 is 2.11 bits per heavy atom. The van der Waals surface area contributed by atoms with Gasteiger partial charge in [0.15, 0.2) is 0 Å². The van der Waals surface area contributed by atoms with Crippen molar-refractivity contribution in [3.05, 3.63) is 70.7 Å². The number of pyridine rings is 1. The van der Waals surface area contributed by atoms with E-state index in [1.54, 1.807) is 41.6 Å². The van der Waals surface area contributed by atoms with Gasteiger partial charge < -0.3 is 9.42 Å². The first-order chi connectivity index (χ1) is 13.6. The van der Waals surface area contributed by atoms with Gasteiger partial charge in [-0.05, 0) is 31.2 Å². The molecule has 0 saturated carbocycles. The first-order valence-electron chi connectivity index (χ1n) is 8.70. The summed E-state index contributed by atoms with van der Waals surface area (Å²) in [5, 5.41) is 5.59. The zero-order chi connectivity index (χ0) is 19.5. The number of hydrogen-bond donors (Lipinski definition) is 0. The number of fused-ring (bicyclic) bond motifs is 1. The highest BCUT2D eigenvalue weighted by Gasteiger charge is 2.19. The van der Waals surface area contributed by atoms with Crippen LogP contribution in [0.25, 0.3) is 10.2 Å². The van der Waals surface area contributed by atoms with Crippen LogP contribution in [0.4, 0.5) is 0 Å². The van der Waals surface area contributed by atoms with Crippen LogP contribution in [0.3, 0.4) is 0 Å². The molecule has 6 nitrogen and oxygen atoms in total. The Morgan fingerprint density at radius 1 is 1.25 bits per heavy atom. The predicted octanol–water partition coefficient (Wildman–Crippen LogP) is 4.55. The van der Waals surface area contributed by atoms with Gasteiger partial charge in [0.2, 0.25) is 0 Å². The highest BCUT2D eigenvalue weighted by molar-refractivity contribution is 7.98. The number of thiazole rings is 1. The van der Waals surface area contributed by atoms with Crippen molar-refractivity contribution < 1.29 is 9.32 Å². The van der Waals surface area contributed by atoms with Crippen molar-refractivity contribution in [1.82, 2.24) is 20.0 Å². The quantitative estimate of drug-likeness (QED) is 0.434. The van der Waals surface area contributed by atoms with Crippen LogP contribution < -0.4 is 0 Å². The highest BCUT2D eigenvalue weighted by Crippen LogP contribution is 2.26. The number of rotatable bonds is 6. The van der Waals surface area contributed by atoms with Crippen molar-refractivity contribution in [3.8, 4) is 0 Å². The minimum atomic E-state index is -0.0776. The number of aryl methyl sites for hydroxylation is 1. The molecule has 0 bridgehead atoms. The maximum absolute atomic E-state index is 13.0. The number of thioether (sulfide) groups is 1. The molecule has 0 aliphatic heterocycles. The van der Waals surface area contributed by atoms with Gasteiger partial charge in [-0.1, -0.05) is 29.1 Å². The van der Waals surface area contributed by atoms with Crippen molar-refractivity contribution >= 4 is 39.2 Å². The number of carbonyl (C=O) groups is 1. The topological polar surface area (TPSA) is 72.1 Å². The van der Waals surface area contributed by atoms with E-state index in [9.17, 15) is 4.79 Å². The van der Waals surface area contributed by atoms with Crippen LogP contribution >= 0.6 is 23.1 Å². The van der Waals surface area contributed by atoms with Crippen LogP contribution in [0.15, 0.2) is 58.2 Å². The van der Waals surface area contributed by atoms with Crippen molar-refractivity contribution in [2.45, 2.75) is 24.2 Å². The van der Waals surface area contributed by atoms with Gasteiger partial charge in [0.1, 0.15) is 15.8 Å². The van der Waals surface area contributed by atoms with Gasteiger partial charge in [0, 0.05) is 25.1 Å². The molecule has 8 heteroatoms. The summed E-state index contributed by atoms with van der Waals surface area (Å²) >= 11 is 3.08. The second-order valence-corrected chi connectivity index (χ2v) is 8.39. The Labute approximate surface area is 170 Å². The molecule has 0 atom stereocenters. The summed E-state index contributed by atoms with van der Waals surface area (Å²) in [6.07, 6.45) is 1.70. The fraction of sp³-hybridized carbons (Fsp3) is 0.200. The van der Waals surface area contributed by atoms with Crippen LogP contribution in [0.1, 0.15) is 26.8 Å². The summed E-state index contributed by atoms with van der Waals surface area (Å²) in [4.78, 5) is 23.7. The molecule has 3 aromatic heterocycles. The van der Waals surface area contributed by atoms with Crippen LogP contribution in [0.5, 0.6) is 0 Å². The number of aromatic nitrogens is 3. The van der Waals surface area contributed by atoms with E-state index in [-0.39, 0.29) is 5.91 Å². The normalized spacial score (nSPS) is 11.1. The molecule has 0 spiro atoms. The average Bonchev–Trinajstić information content (AvgIpc) is 3.31. The summed E-state index contributed by atoms with van der Waals surface area (Å²) in [5.74, 6) is 1.28. The number of carbonyl (C=O) groups excluding carboxylic acids is 1.